The predicted molar refractivity (Wildman–Crippen MR) is 95.7 cm³/mol. The second kappa shape index (κ2) is 7.62. The first-order valence-electron chi connectivity index (χ1n) is 7.74. The summed E-state index contributed by atoms with van der Waals surface area (Å²) in [5, 5.41) is 3.36. The van der Waals surface area contributed by atoms with E-state index in [9.17, 15) is 4.79 Å². The number of nitrogens with one attached hydrogen (secondary N) is 1. The molecule has 0 radical (unpaired) electrons. The molecule has 4 heteroatoms. The normalized spacial score (nSPS) is 16.2. The van der Waals surface area contributed by atoms with Crippen LogP contribution in [0.15, 0.2) is 48.5 Å². The van der Waals surface area contributed by atoms with Crippen molar-refractivity contribution in [3.8, 4) is 0 Å². The average Bonchev–Trinajstić information content (AvgIpc) is 2.53. The molecule has 0 saturated heterocycles. The molecule has 3 nitrogen and oxygen atoms in total. The molecule has 1 N–H and O–H groups in total. The van der Waals surface area contributed by atoms with E-state index in [-0.39, 0.29) is 24.4 Å². The van der Waals surface area contributed by atoms with Crippen LogP contribution in [-0.2, 0) is 24.3 Å². The van der Waals surface area contributed by atoms with Gasteiger partial charge < -0.3 is 10.2 Å². The zero-order valence-electron chi connectivity index (χ0n) is 13.6. The largest absolute Gasteiger partial charge is 0.340 e. The Balaban J connectivity index is 0.00000192. The molecule has 3 rings (SSSR count). The summed E-state index contributed by atoms with van der Waals surface area (Å²) in [5.74, 6) is 0.163. The van der Waals surface area contributed by atoms with Crippen molar-refractivity contribution in [3.63, 3.8) is 0 Å². The van der Waals surface area contributed by atoms with Gasteiger partial charge in [-0.15, -0.1) is 12.4 Å². The molecule has 1 heterocycles. The second-order valence-corrected chi connectivity index (χ2v) is 6.09. The Labute approximate surface area is 144 Å². The topological polar surface area (TPSA) is 32.3 Å². The molecule has 0 spiro atoms. The number of fused-ring (bicyclic) bond motifs is 1. The zero-order valence-corrected chi connectivity index (χ0v) is 14.4. The Morgan fingerprint density at radius 2 is 1.91 bits per heavy atom. The Morgan fingerprint density at radius 1 is 1.17 bits per heavy atom. The Morgan fingerprint density at radius 3 is 2.65 bits per heavy atom. The van der Waals surface area contributed by atoms with E-state index in [2.05, 4.69) is 42.6 Å². The molecule has 0 aromatic heterocycles. The fourth-order valence-electron chi connectivity index (χ4n) is 3.06. The minimum atomic E-state index is -0.121. The lowest BCUT2D eigenvalue weighted by Crippen LogP contribution is -2.48. The van der Waals surface area contributed by atoms with Gasteiger partial charge in [-0.05, 0) is 30.0 Å². The van der Waals surface area contributed by atoms with Gasteiger partial charge in [-0.1, -0.05) is 54.1 Å². The molecule has 0 bridgehead atoms. The summed E-state index contributed by atoms with van der Waals surface area (Å²) in [6.45, 7) is 3.50. The van der Waals surface area contributed by atoms with Crippen LogP contribution in [0.3, 0.4) is 0 Å². The lowest BCUT2D eigenvalue weighted by atomic mass is 9.95. The second-order valence-electron chi connectivity index (χ2n) is 6.09. The lowest BCUT2D eigenvalue weighted by Gasteiger charge is -2.29. The summed E-state index contributed by atoms with van der Waals surface area (Å²) >= 11 is 0. The number of nitrogens with zero attached hydrogens (tertiary/aromatic N) is 1. The minimum absolute atomic E-state index is 0. The van der Waals surface area contributed by atoms with E-state index < -0.39 is 0 Å². The van der Waals surface area contributed by atoms with Crippen molar-refractivity contribution in [3.05, 3.63) is 70.8 Å². The third-order valence-electron chi connectivity index (χ3n) is 4.26. The average molecular weight is 331 g/mol. The van der Waals surface area contributed by atoms with Crippen LogP contribution in [0.5, 0.6) is 0 Å². The van der Waals surface area contributed by atoms with Crippen LogP contribution in [0, 0.1) is 6.92 Å². The van der Waals surface area contributed by atoms with Gasteiger partial charge in [0.2, 0.25) is 5.91 Å². The molecule has 1 atom stereocenters. The lowest BCUT2D eigenvalue weighted by molar-refractivity contribution is -0.132. The summed E-state index contributed by atoms with van der Waals surface area (Å²) in [6.07, 6.45) is 0.771. The van der Waals surface area contributed by atoms with Gasteiger partial charge in [0.05, 0.1) is 6.04 Å². The van der Waals surface area contributed by atoms with Crippen LogP contribution in [-0.4, -0.2) is 23.9 Å². The van der Waals surface area contributed by atoms with Crippen LogP contribution in [0.2, 0.25) is 0 Å². The quantitative estimate of drug-likeness (QED) is 0.938. The molecule has 2 aromatic rings. The van der Waals surface area contributed by atoms with Gasteiger partial charge in [-0.25, -0.2) is 0 Å². The van der Waals surface area contributed by atoms with E-state index in [1.54, 1.807) is 0 Å². The van der Waals surface area contributed by atoms with Gasteiger partial charge in [0.15, 0.2) is 0 Å². The van der Waals surface area contributed by atoms with E-state index in [1.807, 2.05) is 30.1 Å². The smallest absolute Gasteiger partial charge is 0.240 e. The number of aryl methyl sites for hydroxylation is 1. The van der Waals surface area contributed by atoms with Crippen LogP contribution in [0.25, 0.3) is 0 Å². The van der Waals surface area contributed by atoms with Crippen molar-refractivity contribution in [1.82, 2.24) is 10.2 Å². The molecule has 0 saturated carbocycles. The molecule has 1 amide bonds. The van der Waals surface area contributed by atoms with Gasteiger partial charge in [-0.3, -0.25) is 4.79 Å². The number of benzene rings is 2. The summed E-state index contributed by atoms with van der Waals surface area (Å²) < 4.78 is 0. The highest BCUT2D eigenvalue weighted by molar-refractivity contribution is 5.85. The Kier molecular flexibility index (Phi) is 5.80. The molecule has 1 unspecified atom stereocenters. The van der Waals surface area contributed by atoms with Crippen LogP contribution in [0.1, 0.15) is 22.3 Å². The van der Waals surface area contributed by atoms with Crippen LogP contribution >= 0.6 is 12.4 Å². The monoisotopic (exact) mass is 330 g/mol. The summed E-state index contributed by atoms with van der Waals surface area (Å²) in [5.41, 5.74) is 4.98. The molecule has 23 heavy (non-hydrogen) atoms. The molecule has 0 fully saturated rings. The summed E-state index contributed by atoms with van der Waals surface area (Å²) in [7, 11) is 1.88. The third-order valence-corrected chi connectivity index (χ3v) is 4.26. The van der Waals surface area contributed by atoms with E-state index in [0.29, 0.717) is 6.54 Å². The number of halogens is 1. The summed E-state index contributed by atoms with van der Waals surface area (Å²) in [4.78, 5) is 14.5. The maximum Gasteiger partial charge on any atom is 0.240 e. The maximum atomic E-state index is 12.7. The zero-order chi connectivity index (χ0) is 15.5. The van der Waals surface area contributed by atoms with E-state index >= 15 is 0 Å². The highest BCUT2D eigenvalue weighted by Gasteiger charge is 2.26. The standard InChI is InChI=1S/C19H22N2O.ClH/c1-14-6-5-7-15(10-14)13-21(2)19(22)18-11-16-8-3-4-9-17(16)12-20-18;/h3-10,18,20H,11-13H2,1-2H3;1H. The molecule has 0 aliphatic carbocycles. The molecular weight excluding hydrogens is 308 g/mol. The number of likely N-dealkylation sites (N-methyl/N-ethyl adjacent to an activating group) is 1. The fourth-order valence-corrected chi connectivity index (χ4v) is 3.06. The predicted octanol–water partition coefficient (Wildman–Crippen LogP) is 3.09. The van der Waals surface area contributed by atoms with E-state index in [0.717, 1.165) is 13.0 Å². The van der Waals surface area contributed by atoms with Crippen molar-refractivity contribution in [2.45, 2.75) is 32.5 Å². The summed E-state index contributed by atoms with van der Waals surface area (Å²) in [6, 6.07) is 16.5. The minimum Gasteiger partial charge on any atom is -0.340 e. The van der Waals surface area contributed by atoms with Crippen molar-refractivity contribution in [2.24, 2.45) is 0 Å². The first kappa shape index (κ1) is 17.5. The van der Waals surface area contributed by atoms with Gasteiger partial charge >= 0.3 is 0 Å². The van der Waals surface area contributed by atoms with Crippen molar-refractivity contribution in [1.29, 1.82) is 0 Å². The Bertz CT molecular complexity index is 687. The van der Waals surface area contributed by atoms with E-state index in [4.69, 9.17) is 0 Å². The van der Waals surface area contributed by atoms with Gasteiger partial charge in [-0.2, -0.15) is 0 Å². The number of amides is 1. The number of hydrogen-bond acceptors (Lipinski definition) is 2. The van der Waals surface area contributed by atoms with Crippen LogP contribution < -0.4 is 5.32 Å². The Hall–Kier alpha value is -1.84. The van der Waals surface area contributed by atoms with Crippen molar-refractivity contribution >= 4 is 18.3 Å². The molecule has 2 aromatic carbocycles. The first-order valence-corrected chi connectivity index (χ1v) is 7.74. The number of rotatable bonds is 3. The van der Waals surface area contributed by atoms with Gasteiger partial charge in [0, 0.05) is 20.1 Å². The SMILES string of the molecule is Cc1cccc(CN(C)C(=O)C2Cc3ccccc3CN2)c1.Cl. The molecular formula is C19H23ClN2O. The highest BCUT2D eigenvalue weighted by Crippen LogP contribution is 2.18. The van der Waals surface area contributed by atoms with Crippen LogP contribution in [0.4, 0.5) is 0 Å². The van der Waals surface area contributed by atoms with Crippen molar-refractivity contribution in [2.75, 3.05) is 7.05 Å². The van der Waals surface area contributed by atoms with Gasteiger partial charge in [0.25, 0.3) is 0 Å². The first-order chi connectivity index (χ1) is 10.6. The number of hydrogen-bond donors (Lipinski definition) is 1. The molecule has 1 aliphatic heterocycles. The van der Waals surface area contributed by atoms with Gasteiger partial charge in [0.1, 0.15) is 0 Å². The third kappa shape index (κ3) is 4.12. The van der Waals surface area contributed by atoms with Crippen molar-refractivity contribution < 1.29 is 4.79 Å². The fraction of sp³-hybridized carbons (Fsp3) is 0.316. The molecule has 1 aliphatic rings. The number of carbonyl (C=O) groups is 1. The van der Waals surface area contributed by atoms with E-state index in [1.165, 1.54) is 22.3 Å². The maximum absolute atomic E-state index is 12.7. The molecule has 122 valence electrons. The highest BCUT2D eigenvalue weighted by atomic mass is 35.5. The number of carbonyl (C=O) groups excluding carboxylic acids is 1.